The summed E-state index contributed by atoms with van der Waals surface area (Å²) in [5, 5.41) is 0. The van der Waals surface area contributed by atoms with Crippen LogP contribution in [0.3, 0.4) is 0 Å². The number of thiophene rings is 1. The third-order valence-electron chi connectivity index (χ3n) is 2.38. The van der Waals surface area contributed by atoms with E-state index in [4.69, 9.17) is 0 Å². The van der Waals surface area contributed by atoms with Crippen LogP contribution in [0.15, 0.2) is 3.79 Å². The minimum absolute atomic E-state index is 0.883. The molecule has 0 unspecified atom stereocenters. The van der Waals surface area contributed by atoms with Crippen molar-refractivity contribution in [3.05, 3.63) is 14.2 Å². The monoisotopic (exact) mass is 259 g/mol. The van der Waals surface area contributed by atoms with Crippen LogP contribution < -0.4 is 4.90 Å². The molecule has 0 aliphatic carbocycles. The number of rotatable bonds is 1. The molecule has 0 saturated heterocycles. The summed E-state index contributed by atoms with van der Waals surface area (Å²) >= 11 is 5.04. The van der Waals surface area contributed by atoms with Crippen molar-refractivity contribution in [3.8, 4) is 0 Å². The molecule has 70 valence electrons. The standard InChI is InChI=1S/C9H10BrNOS/c1-11-4-2-3-6-7(5-12)13-9(10)8(6)11/h5H,2-4H2,1H3. The highest BCUT2D eigenvalue weighted by atomic mass is 79.9. The van der Waals surface area contributed by atoms with Gasteiger partial charge in [0.25, 0.3) is 0 Å². The molecule has 0 amide bonds. The number of aldehydes is 1. The second kappa shape index (κ2) is 3.42. The number of hydrogen-bond donors (Lipinski definition) is 0. The molecule has 4 heteroatoms. The first-order chi connectivity index (χ1) is 6.24. The van der Waals surface area contributed by atoms with Gasteiger partial charge in [-0.25, -0.2) is 0 Å². The van der Waals surface area contributed by atoms with Gasteiger partial charge in [-0.15, -0.1) is 11.3 Å². The van der Waals surface area contributed by atoms with Gasteiger partial charge in [0.15, 0.2) is 6.29 Å². The predicted molar refractivity (Wildman–Crippen MR) is 59.0 cm³/mol. The Kier molecular flexibility index (Phi) is 2.43. The number of fused-ring (bicyclic) bond motifs is 1. The van der Waals surface area contributed by atoms with Gasteiger partial charge in [-0.3, -0.25) is 4.79 Å². The first kappa shape index (κ1) is 9.21. The zero-order valence-corrected chi connectivity index (χ0v) is 9.74. The zero-order chi connectivity index (χ0) is 9.42. The van der Waals surface area contributed by atoms with E-state index in [-0.39, 0.29) is 0 Å². The molecule has 2 nitrogen and oxygen atoms in total. The van der Waals surface area contributed by atoms with Gasteiger partial charge in [0.2, 0.25) is 0 Å². The summed E-state index contributed by atoms with van der Waals surface area (Å²) < 4.78 is 1.09. The largest absolute Gasteiger partial charge is 0.373 e. The molecule has 1 aliphatic rings. The van der Waals surface area contributed by atoms with Crippen molar-refractivity contribution in [2.45, 2.75) is 12.8 Å². The van der Waals surface area contributed by atoms with E-state index in [0.29, 0.717) is 0 Å². The molecule has 1 aromatic rings. The summed E-state index contributed by atoms with van der Waals surface area (Å²) in [4.78, 5) is 13.9. The Hall–Kier alpha value is -0.350. The van der Waals surface area contributed by atoms with Crippen molar-refractivity contribution in [2.24, 2.45) is 0 Å². The first-order valence-corrected chi connectivity index (χ1v) is 5.82. The summed E-state index contributed by atoms with van der Waals surface area (Å²) in [5.74, 6) is 0. The van der Waals surface area contributed by atoms with Crippen molar-refractivity contribution in [2.75, 3.05) is 18.5 Å². The third kappa shape index (κ3) is 1.42. The zero-order valence-electron chi connectivity index (χ0n) is 7.34. The Labute approximate surface area is 89.7 Å². The normalized spacial score (nSPS) is 15.7. The average Bonchev–Trinajstić information content (AvgIpc) is 2.44. The predicted octanol–water partition coefficient (Wildman–Crippen LogP) is 2.71. The number of carbonyl (C=O) groups excluding carboxylic acids is 1. The van der Waals surface area contributed by atoms with Crippen LogP contribution in [0, 0.1) is 0 Å². The van der Waals surface area contributed by atoms with Crippen LogP contribution >= 0.6 is 27.3 Å². The van der Waals surface area contributed by atoms with Crippen LogP contribution in [0.1, 0.15) is 21.7 Å². The van der Waals surface area contributed by atoms with Crippen molar-refractivity contribution in [1.29, 1.82) is 0 Å². The molecular formula is C9H10BrNOS. The van der Waals surface area contributed by atoms with E-state index in [1.165, 1.54) is 11.3 Å². The quantitative estimate of drug-likeness (QED) is 0.723. The molecule has 1 aliphatic heterocycles. The Morgan fingerprint density at radius 1 is 1.62 bits per heavy atom. The summed E-state index contributed by atoms with van der Waals surface area (Å²) in [6.07, 6.45) is 3.15. The van der Waals surface area contributed by atoms with Gasteiger partial charge in [-0.1, -0.05) is 0 Å². The maximum Gasteiger partial charge on any atom is 0.160 e. The summed E-state index contributed by atoms with van der Waals surface area (Å²) in [7, 11) is 2.07. The summed E-state index contributed by atoms with van der Waals surface area (Å²) in [6.45, 7) is 1.08. The molecule has 2 rings (SSSR count). The van der Waals surface area contributed by atoms with E-state index in [9.17, 15) is 4.79 Å². The van der Waals surface area contributed by atoms with E-state index in [1.807, 2.05) is 0 Å². The lowest BCUT2D eigenvalue weighted by Crippen LogP contribution is -2.24. The van der Waals surface area contributed by atoms with E-state index < -0.39 is 0 Å². The molecule has 0 atom stereocenters. The van der Waals surface area contributed by atoms with E-state index in [0.717, 1.165) is 34.3 Å². The number of carbonyl (C=O) groups is 1. The van der Waals surface area contributed by atoms with Gasteiger partial charge in [-0.2, -0.15) is 0 Å². The molecule has 0 saturated carbocycles. The Morgan fingerprint density at radius 2 is 2.38 bits per heavy atom. The Bertz CT molecular complexity index is 348. The van der Waals surface area contributed by atoms with Crippen molar-refractivity contribution in [1.82, 2.24) is 0 Å². The summed E-state index contributed by atoms with van der Waals surface area (Å²) in [6, 6.07) is 0. The van der Waals surface area contributed by atoms with Crippen molar-refractivity contribution >= 4 is 39.2 Å². The van der Waals surface area contributed by atoms with E-state index in [1.54, 1.807) is 11.3 Å². The third-order valence-corrected chi connectivity index (χ3v) is 4.17. The Morgan fingerprint density at radius 3 is 3.08 bits per heavy atom. The number of anilines is 1. The lowest BCUT2D eigenvalue weighted by Gasteiger charge is -2.25. The minimum Gasteiger partial charge on any atom is -0.373 e. The lowest BCUT2D eigenvalue weighted by molar-refractivity contribution is 0.112. The molecule has 0 spiro atoms. The molecule has 0 fully saturated rings. The smallest absolute Gasteiger partial charge is 0.160 e. The van der Waals surface area contributed by atoms with Crippen LogP contribution in [0.25, 0.3) is 0 Å². The Balaban J connectivity index is 2.57. The molecule has 0 bridgehead atoms. The maximum atomic E-state index is 10.8. The van der Waals surface area contributed by atoms with E-state index >= 15 is 0 Å². The fraction of sp³-hybridized carbons (Fsp3) is 0.444. The average molecular weight is 260 g/mol. The fourth-order valence-electron chi connectivity index (χ4n) is 1.76. The highest BCUT2D eigenvalue weighted by Gasteiger charge is 2.22. The van der Waals surface area contributed by atoms with Gasteiger partial charge in [0.05, 0.1) is 14.4 Å². The SMILES string of the molecule is CN1CCCc2c(C=O)sc(Br)c21. The highest BCUT2D eigenvalue weighted by Crippen LogP contribution is 2.41. The number of halogens is 1. The summed E-state index contributed by atoms with van der Waals surface area (Å²) in [5.41, 5.74) is 2.44. The molecule has 0 aromatic carbocycles. The van der Waals surface area contributed by atoms with Gasteiger partial charge in [0, 0.05) is 13.6 Å². The second-order valence-corrected chi connectivity index (χ2v) is 5.58. The highest BCUT2D eigenvalue weighted by molar-refractivity contribution is 9.11. The number of nitrogens with zero attached hydrogens (tertiary/aromatic N) is 1. The second-order valence-electron chi connectivity index (χ2n) is 3.21. The fourth-order valence-corrected chi connectivity index (χ4v) is 3.77. The minimum atomic E-state index is 0.883. The molecule has 0 N–H and O–H groups in total. The van der Waals surface area contributed by atoms with Gasteiger partial charge in [-0.05, 0) is 34.3 Å². The lowest BCUT2D eigenvalue weighted by atomic mass is 10.1. The van der Waals surface area contributed by atoms with Crippen LogP contribution in [0.4, 0.5) is 5.69 Å². The van der Waals surface area contributed by atoms with Crippen molar-refractivity contribution in [3.63, 3.8) is 0 Å². The first-order valence-electron chi connectivity index (χ1n) is 4.21. The van der Waals surface area contributed by atoms with E-state index in [2.05, 4.69) is 27.9 Å². The van der Waals surface area contributed by atoms with Crippen LogP contribution in [0.5, 0.6) is 0 Å². The molecule has 13 heavy (non-hydrogen) atoms. The maximum absolute atomic E-state index is 10.8. The number of hydrogen-bond acceptors (Lipinski definition) is 3. The van der Waals surface area contributed by atoms with Gasteiger partial charge >= 0.3 is 0 Å². The van der Waals surface area contributed by atoms with Gasteiger partial charge in [0.1, 0.15) is 0 Å². The van der Waals surface area contributed by atoms with Crippen LogP contribution in [0.2, 0.25) is 0 Å². The molecular weight excluding hydrogens is 250 g/mol. The topological polar surface area (TPSA) is 20.3 Å². The molecule has 2 heterocycles. The molecule has 1 aromatic heterocycles. The van der Waals surface area contributed by atoms with Gasteiger partial charge < -0.3 is 4.90 Å². The molecule has 0 radical (unpaired) electrons. The van der Waals surface area contributed by atoms with Crippen LogP contribution in [-0.2, 0) is 6.42 Å². The van der Waals surface area contributed by atoms with Crippen LogP contribution in [-0.4, -0.2) is 19.9 Å². The van der Waals surface area contributed by atoms with Crippen molar-refractivity contribution < 1.29 is 4.79 Å².